The Morgan fingerprint density at radius 1 is 1.47 bits per heavy atom. The average molecular weight is 250 g/mol. The number of nitrogens with one attached hydrogen (secondary N) is 2. The summed E-state index contributed by atoms with van der Waals surface area (Å²) in [6.07, 6.45) is -1.87. The first kappa shape index (κ1) is 14.0. The molecular weight excluding hydrogens is 233 g/mol. The Bertz CT molecular complexity index is 297. The molecule has 4 nitrogen and oxygen atoms in total. The molecule has 0 radical (unpaired) electrons. The number of nitrogens with zero attached hydrogens (tertiary/aromatic N) is 2. The van der Waals surface area contributed by atoms with Gasteiger partial charge in [-0.2, -0.15) is 28.6 Å². The summed E-state index contributed by atoms with van der Waals surface area (Å²) in [7, 11) is 0. The summed E-state index contributed by atoms with van der Waals surface area (Å²) in [5, 5.41) is 13.2. The molecule has 0 aliphatic carbocycles. The summed E-state index contributed by atoms with van der Waals surface area (Å²) in [6.45, 7) is 2.76. The van der Waals surface area contributed by atoms with E-state index in [-0.39, 0.29) is 12.5 Å². The zero-order valence-electron chi connectivity index (χ0n) is 9.72. The van der Waals surface area contributed by atoms with Crippen LogP contribution in [0.3, 0.4) is 0 Å². The molecule has 0 amide bonds. The number of rotatable bonds is 7. The lowest BCUT2D eigenvalue weighted by molar-refractivity contribution is -0.135. The van der Waals surface area contributed by atoms with Crippen molar-refractivity contribution in [1.82, 2.24) is 20.7 Å². The van der Waals surface area contributed by atoms with Crippen molar-refractivity contribution in [3.63, 3.8) is 0 Å². The van der Waals surface area contributed by atoms with Crippen LogP contribution in [0.4, 0.5) is 13.2 Å². The van der Waals surface area contributed by atoms with Crippen LogP contribution in [0.5, 0.6) is 0 Å². The second kappa shape index (κ2) is 6.58. The Balaban J connectivity index is 2.42. The lowest BCUT2D eigenvalue weighted by atomic mass is 10.1. The molecule has 0 bridgehead atoms. The molecule has 2 N–H and O–H groups in total. The van der Waals surface area contributed by atoms with Crippen LogP contribution in [0.1, 0.15) is 44.3 Å². The number of H-pyrrole nitrogens is 1. The Kier molecular flexibility index (Phi) is 5.40. The lowest BCUT2D eigenvalue weighted by Crippen LogP contribution is -2.23. The Morgan fingerprint density at radius 3 is 2.76 bits per heavy atom. The topological polar surface area (TPSA) is 53.6 Å². The Hall–Kier alpha value is -1.11. The van der Waals surface area contributed by atoms with Crippen LogP contribution in [0, 0.1) is 0 Å². The number of hydrogen-bond donors (Lipinski definition) is 2. The van der Waals surface area contributed by atoms with Gasteiger partial charge in [-0.25, -0.2) is 0 Å². The molecule has 1 rings (SSSR count). The molecule has 0 saturated heterocycles. The second-order valence-corrected chi connectivity index (χ2v) is 3.91. The van der Waals surface area contributed by atoms with Crippen LogP contribution in [0.25, 0.3) is 0 Å². The van der Waals surface area contributed by atoms with Crippen LogP contribution < -0.4 is 5.32 Å². The van der Waals surface area contributed by atoms with Crippen molar-refractivity contribution in [2.75, 3.05) is 6.54 Å². The molecule has 0 aliphatic rings. The van der Waals surface area contributed by atoms with E-state index in [2.05, 4.69) is 20.7 Å². The van der Waals surface area contributed by atoms with Gasteiger partial charge in [0, 0.05) is 6.42 Å². The summed E-state index contributed by atoms with van der Waals surface area (Å²) in [4.78, 5) is 0. The van der Waals surface area contributed by atoms with Gasteiger partial charge in [0.2, 0.25) is 0 Å². The minimum absolute atomic E-state index is 0.0950. The normalized spacial score (nSPS) is 13.9. The summed E-state index contributed by atoms with van der Waals surface area (Å²) < 4.78 is 36.1. The molecule has 1 unspecified atom stereocenters. The molecule has 1 aromatic heterocycles. The monoisotopic (exact) mass is 250 g/mol. The third kappa shape index (κ3) is 5.67. The van der Waals surface area contributed by atoms with E-state index in [0.717, 1.165) is 13.0 Å². The highest BCUT2D eigenvalue weighted by atomic mass is 19.4. The van der Waals surface area contributed by atoms with Crippen molar-refractivity contribution < 1.29 is 13.2 Å². The van der Waals surface area contributed by atoms with Gasteiger partial charge in [-0.1, -0.05) is 6.92 Å². The molecule has 0 aliphatic heterocycles. The first-order chi connectivity index (χ1) is 8.03. The quantitative estimate of drug-likeness (QED) is 0.782. The van der Waals surface area contributed by atoms with E-state index < -0.39 is 12.6 Å². The fraction of sp³-hybridized carbons (Fsp3) is 0.800. The van der Waals surface area contributed by atoms with Crippen molar-refractivity contribution in [1.29, 1.82) is 0 Å². The SMILES string of the molecule is CCCNC(CCCC(F)(F)F)c1cn[nH]n1. The fourth-order valence-corrected chi connectivity index (χ4v) is 1.56. The summed E-state index contributed by atoms with van der Waals surface area (Å²) in [5.74, 6) is 0. The summed E-state index contributed by atoms with van der Waals surface area (Å²) >= 11 is 0. The minimum atomic E-state index is -4.08. The van der Waals surface area contributed by atoms with E-state index in [9.17, 15) is 13.2 Å². The molecule has 0 spiro atoms. The van der Waals surface area contributed by atoms with Gasteiger partial charge in [0.15, 0.2) is 0 Å². The van der Waals surface area contributed by atoms with Crippen molar-refractivity contribution in [2.45, 2.75) is 44.8 Å². The molecule has 1 aromatic rings. The third-order valence-corrected chi connectivity index (χ3v) is 2.38. The van der Waals surface area contributed by atoms with Crippen molar-refractivity contribution in [2.24, 2.45) is 0 Å². The highest BCUT2D eigenvalue weighted by molar-refractivity contribution is 4.99. The van der Waals surface area contributed by atoms with Gasteiger partial charge in [0.05, 0.1) is 17.9 Å². The number of halogens is 3. The predicted octanol–water partition coefficient (Wildman–Crippen LogP) is 2.58. The van der Waals surface area contributed by atoms with Crippen molar-refractivity contribution >= 4 is 0 Å². The molecule has 0 saturated carbocycles. The average Bonchev–Trinajstić information content (AvgIpc) is 2.74. The van der Waals surface area contributed by atoms with E-state index in [4.69, 9.17) is 0 Å². The maximum absolute atomic E-state index is 12.0. The molecule has 98 valence electrons. The van der Waals surface area contributed by atoms with Crippen LogP contribution >= 0.6 is 0 Å². The van der Waals surface area contributed by atoms with Crippen LogP contribution in [0.2, 0.25) is 0 Å². The number of aromatic amines is 1. The highest BCUT2D eigenvalue weighted by Crippen LogP contribution is 2.25. The fourth-order valence-electron chi connectivity index (χ4n) is 1.56. The van der Waals surface area contributed by atoms with Gasteiger partial charge in [0.1, 0.15) is 0 Å². The largest absolute Gasteiger partial charge is 0.389 e. The second-order valence-electron chi connectivity index (χ2n) is 3.91. The van der Waals surface area contributed by atoms with Crippen LogP contribution in [0.15, 0.2) is 6.20 Å². The van der Waals surface area contributed by atoms with Gasteiger partial charge >= 0.3 is 6.18 Å². The Morgan fingerprint density at radius 2 is 2.24 bits per heavy atom. The maximum Gasteiger partial charge on any atom is 0.389 e. The Labute approximate surface area is 98.0 Å². The van der Waals surface area contributed by atoms with E-state index >= 15 is 0 Å². The van der Waals surface area contributed by atoms with E-state index in [1.54, 1.807) is 6.20 Å². The molecule has 0 aromatic carbocycles. The zero-order chi connectivity index (χ0) is 12.7. The molecule has 1 atom stereocenters. The minimum Gasteiger partial charge on any atom is -0.309 e. The van der Waals surface area contributed by atoms with Crippen molar-refractivity contribution in [3.05, 3.63) is 11.9 Å². The molecule has 0 fully saturated rings. The smallest absolute Gasteiger partial charge is 0.309 e. The van der Waals surface area contributed by atoms with E-state index in [1.807, 2.05) is 6.92 Å². The van der Waals surface area contributed by atoms with E-state index in [0.29, 0.717) is 12.1 Å². The number of aromatic nitrogens is 3. The van der Waals surface area contributed by atoms with Crippen LogP contribution in [-0.2, 0) is 0 Å². The summed E-state index contributed by atoms with van der Waals surface area (Å²) in [5.41, 5.74) is 0.667. The first-order valence-electron chi connectivity index (χ1n) is 5.68. The number of alkyl halides is 3. The standard InChI is InChI=1S/C10H17F3N4/c1-2-6-14-8(9-7-15-17-16-9)4-3-5-10(11,12)13/h7-8,14H,2-6H2,1H3,(H,15,16,17). The zero-order valence-corrected chi connectivity index (χ0v) is 9.72. The van der Waals surface area contributed by atoms with Gasteiger partial charge in [0.25, 0.3) is 0 Å². The third-order valence-electron chi connectivity index (χ3n) is 2.38. The molecular formula is C10H17F3N4. The maximum atomic E-state index is 12.0. The molecule has 17 heavy (non-hydrogen) atoms. The highest BCUT2D eigenvalue weighted by Gasteiger charge is 2.27. The van der Waals surface area contributed by atoms with Gasteiger partial charge in [-0.05, 0) is 25.8 Å². The summed E-state index contributed by atoms with van der Waals surface area (Å²) in [6, 6.07) is -0.156. The lowest BCUT2D eigenvalue weighted by Gasteiger charge is -2.16. The van der Waals surface area contributed by atoms with Crippen LogP contribution in [-0.4, -0.2) is 28.1 Å². The number of hydrogen-bond acceptors (Lipinski definition) is 3. The van der Waals surface area contributed by atoms with Gasteiger partial charge < -0.3 is 5.32 Å². The van der Waals surface area contributed by atoms with E-state index in [1.165, 1.54) is 0 Å². The molecule has 1 heterocycles. The van der Waals surface area contributed by atoms with Crippen molar-refractivity contribution in [3.8, 4) is 0 Å². The first-order valence-corrected chi connectivity index (χ1v) is 5.68. The van der Waals surface area contributed by atoms with Gasteiger partial charge in [-0.3, -0.25) is 0 Å². The molecule has 7 heteroatoms. The van der Waals surface area contributed by atoms with Gasteiger partial charge in [-0.15, -0.1) is 0 Å². The predicted molar refractivity (Wildman–Crippen MR) is 57.3 cm³/mol.